The molecule has 2 amide bonds. The van der Waals surface area contributed by atoms with Crippen LogP contribution in [0, 0.1) is 0 Å². The number of carbonyl (C=O) groups is 1. The third kappa shape index (κ3) is 3.35. The molecular formula is C15H14ClN5O2. The molecule has 0 saturated heterocycles. The summed E-state index contributed by atoms with van der Waals surface area (Å²) >= 11 is 6.09. The Morgan fingerprint density at radius 1 is 1.22 bits per heavy atom. The molecule has 0 aliphatic carbocycles. The first-order valence-corrected chi connectivity index (χ1v) is 7.22. The van der Waals surface area contributed by atoms with E-state index in [0.717, 1.165) is 11.3 Å². The van der Waals surface area contributed by atoms with Gasteiger partial charge in [-0.15, -0.1) is 10.2 Å². The van der Waals surface area contributed by atoms with Crippen molar-refractivity contribution in [3.05, 3.63) is 53.2 Å². The van der Waals surface area contributed by atoms with E-state index in [0.29, 0.717) is 17.3 Å². The summed E-state index contributed by atoms with van der Waals surface area (Å²) in [5.74, 6) is 1.03. The van der Waals surface area contributed by atoms with Crippen LogP contribution in [0.4, 0.5) is 10.7 Å². The molecule has 0 aliphatic heterocycles. The van der Waals surface area contributed by atoms with Crippen molar-refractivity contribution in [3.8, 4) is 5.75 Å². The number of aromatic nitrogens is 3. The number of pyridine rings is 1. The molecule has 2 heterocycles. The van der Waals surface area contributed by atoms with Gasteiger partial charge in [-0.3, -0.25) is 9.72 Å². The van der Waals surface area contributed by atoms with Gasteiger partial charge in [-0.1, -0.05) is 29.8 Å². The zero-order valence-corrected chi connectivity index (χ0v) is 13.0. The maximum atomic E-state index is 12.0. The Bertz CT molecular complexity index is 832. The second-order valence-electron chi connectivity index (χ2n) is 4.72. The zero-order chi connectivity index (χ0) is 16.2. The molecule has 118 valence electrons. The summed E-state index contributed by atoms with van der Waals surface area (Å²) in [5.41, 5.74) is 1.51. The Balaban J connectivity index is 1.64. The number of nitrogens with one attached hydrogen (secondary N) is 2. The van der Waals surface area contributed by atoms with Crippen LogP contribution in [-0.4, -0.2) is 27.7 Å². The molecule has 0 aliphatic rings. The lowest BCUT2D eigenvalue weighted by Crippen LogP contribution is -2.29. The summed E-state index contributed by atoms with van der Waals surface area (Å²) in [6.45, 7) is 0.375. The van der Waals surface area contributed by atoms with Crippen LogP contribution in [0.3, 0.4) is 0 Å². The first-order chi connectivity index (χ1) is 11.2. The van der Waals surface area contributed by atoms with E-state index in [4.69, 9.17) is 16.3 Å². The Hall–Kier alpha value is -2.80. The highest BCUT2D eigenvalue weighted by molar-refractivity contribution is 6.29. The van der Waals surface area contributed by atoms with Gasteiger partial charge in [-0.2, -0.15) is 0 Å². The van der Waals surface area contributed by atoms with Gasteiger partial charge in [0.1, 0.15) is 10.9 Å². The number of halogens is 1. The van der Waals surface area contributed by atoms with E-state index >= 15 is 0 Å². The first kappa shape index (κ1) is 15.1. The van der Waals surface area contributed by atoms with Crippen molar-refractivity contribution in [1.82, 2.24) is 19.9 Å². The molecule has 0 fully saturated rings. The van der Waals surface area contributed by atoms with Crippen LogP contribution in [0.1, 0.15) is 5.56 Å². The molecule has 3 aromatic rings. The number of hydrogen-bond acceptors (Lipinski definition) is 4. The number of amides is 2. The minimum absolute atomic E-state index is 0.262. The Morgan fingerprint density at radius 3 is 2.74 bits per heavy atom. The molecule has 0 atom stereocenters. The highest BCUT2D eigenvalue weighted by atomic mass is 35.5. The van der Waals surface area contributed by atoms with E-state index in [1.807, 2.05) is 24.3 Å². The predicted octanol–water partition coefficient (Wildman–Crippen LogP) is 2.71. The maximum Gasteiger partial charge on any atom is 0.321 e. The van der Waals surface area contributed by atoms with Crippen LogP contribution < -0.4 is 15.4 Å². The molecule has 0 unspecified atom stereocenters. The molecule has 23 heavy (non-hydrogen) atoms. The molecule has 0 radical (unpaired) electrons. The Kier molecular flexibility index (Phi) is 4.29. The van der Waals surface area contributed by atoms with Gasteiger partial charge in [0.2, 0.25) is 5.95 Å². The van der Waals surface area contributed by atoms with Crippen LogP contribution in [0.15, 0.2) is 42.5 Å². The Morgan fingerprint density at radius 2 is 2.00 bits per heavy atom. The van der Waals surface area contributed by atoms with Crippen molar-refractivity contribution in [2.75, 3.05) is 12.4 Å². The lowest BCUT2D eigenvalue weighted by Gasteiger charge is -2.07. The van der Waals surface area contributed by atoms with Gasteiger partial charge in [0.25, 0.3) is 0 Å². The molecule has 7 nitrogen and oxygen atoms in total. The van der Waals surface area contributed by atoms with Gasteiger partial charge in [0.05, 0.1) is 7.11 Å². The fourth-order valence-corrected chi connectivity index (χ4v) is 2.29. The van der Waals surface area contributed by atoms with Crippen molar-refractivity contribution < 1.29 is 9.53 Å². The molecule has 2 N–H and O–H groups in total. The standard InChI is InChI=1S/C15H14ClN5O2/c1-23-11-7-5-10(6-8-11)9-17-15(22)18-14-20-19-13-4-2-3-12(16)21(13)14/h2-8H,9H2,1H3,(H2,17,18,20,22). The average molecular weight is 332 g/mol. The normalized spacial score (nSPS) is 10.5. The lowest BCUT2D eigenvalue weighted by molar-refractivity contribution is 0.251. The number of anilines is 1. The summed E-state index contributed by atoms with van der Waals surface area (Å²) in [6.07, 6.45) is 0. The summed E-state index contributed by atoms with van der Waals surface area (Å²) in [6, 6.07) is 12.2. The largest absolute Gasteiger partial charge is 0.497 e. The van der Waals surface area contributed by atoms with Crippen molar-refractivity contribution in [2.24, 2.45) is 0 Å². The number of benzene rings is 1. The van der Waals surface area contributed by atoms with Crippen molar-refractivity contribution >= 4 is 29.2 Å². The third-order valence-corrected chi connectivity index (χ3v) is 3.51. The SMILES string of the molecule is COc1ccc(CNC(=O)Nc2nnc3cccc(Cl)n23)cc1. The molecule has 2 aromatic heterocycles. The fraction of sp³-hybridized carbons (Fsp3) is 0.133. The van der Waals surface area contributed by atoms with E-state index in [2.05, 4.69) is 20.8 Å². The van der Waals surface area contributed by atoms with E-state index in [1.54, 1.807) is 29.7 Å². The van der Waals surface area contributed by atoms with Gasteiger partial charge in [-0.05, 0) is 29.8 Å². The van der Waals surface area contributed by atoms with Gasteiger partial charge < -0.3 is 10.1 Å². The molecule has 0 bridgehead atoms. The molecule has 8 heteroatoms. The Labute approximate surface area is 137 Å². The summed E-state index contributed by atoms with van der Waals surface area (Å²) in [5, 5.41) is 13.6. The number of carbonyl (C=O) groups excluding carboxylic acids is 1. The van der Waals surface area contributed by atoms with E-state index in [-0.39, 0.29) is 5.95 Å². The number of methoxy groups -OCH3 is 1. The number of rotatable bonds is 4. The van der Waals surface area contributed by atoms with Crippen molar-refractivity contribution in [2.45, 2.75) is 6.54 Å². The minimum atomic E-state index is -0.393. The minimum Gasteiger partial charge on any atom is -0.497 e. The topological polar surface area (TPSA) is 80.5 Å². The van der Waals surface area contributed by atoms with Crippen molar-refractivity contribution in [3.63, 3.8) is 0 Å². The van der Waals surface area contributed by atoms with Crippen LogP contribution in [0.2, 0.25) is 5.15 Å². The second-order valence-corrected chi connectivity index (χ2v) is 5.11. The highest BCUT2D eigenvalue weighted by Crippen LogP contribution is 2.16. The first-order valence-electron chi connectivity index (χ1n) is 6.85. The van der Waals surface area contributed by atoms with Crippen LogP contribution in [0.25, 0.3) is 5.65 Å². The number of nitrogens with zero attached hydrogens (tertiary/aromatic N) is 3. The molecule has 0 saturated carbocycles. The zero-order valence-electron chi connectivity index (χ0n) is 12.3. The molecule has 0 spiro atoms. The number of fused-ring (bicyclic) bond motifs is 1. The smallest absolute Gasteiger partial charge is 0.321 e. The van der Waals surface area contributed by atoms with Gasteiger partial charge in [0, 0.05) is 6.54 Å². The fourth-order valence-electron chi connectivity index (χ4n) is 2.06. The lowest BCUT2D eigenvalue weighted by atomic mass is 10.2. The number of ether oxygens (including phenoxy) is 1. The van der Waals surface area contributed by atoms with E-state index < -0.39 is 6.03 Å². The predicted molar refractivity (Wildman–Crippen MR) is 86.8 cm³/mol. The number of hydrogen-bond donors (Lipinski definition) is 2. The van der Waals surface area contributed by atoms with Crippen LogP contribution in [-0.2, 0) is 6.54 Å². The van der Waals surface area contributed by atoms with E-state index in [9.17, 15) is 4.79 Å². The van der Waals surface area contributed by atoms with Crippen molar-refractivity contribution in [1.29, 1.82) is 0 Å². The van der Waals surface area contributed by atoms with Crippen LogP contribution >= 0.6 is 11.6 Å². The second kappa shape index (κ2) is 6.53. The molecular weight excluding hydrogens is 318 g/mol. The summed E-state index contributed by atoms with van der Waals surface area (Å²) < 4.78 is 6.64. The molecule has 3 rings (SSSR count). The quantitative estimate of drug-likeness (QED) is 0.720. The highest BCUT2D eigenvalue weighted by Gasteiger charge is 2.11. The van der Waals surface area contributed by atoms with E-state index in [1.165, 1.54) is 0 Å². The van der Waals surface area contributed by atoms with Crippen LogP contribution in [0.5, 0.6) is 5.75 Å². The summed E-state index contributed by atoms with van der Waals surface area (Å²) in [7, 11) is 1.61. The monoisotopic (exact) mass is 331 g/mol. The average Bonchev–Trinajstić information content (AvgIpc) is 2.98. The summed E-state index contributed by atoms with van der Waals surface area (Å²) in [4.78, 5) is 12.0. The van der Waals surface area contributed by atoms with Gasteiger partial charge in [-0.25, -0.2) is 4.79 Å². The molecule has 1 aromatic carbocycles. The van der Waals surface area contributed by atoms with Gasteiger partial charge >= 0.3 is 6.03 Å². The third-order valence-electron chi connectivity index (χ3n) is 3.22. The maximum absolute atomic E-state index is 12.0. The van der Waals surface area contributed by atoms with Gasteiger partial charge in [0.15, 0.2) is 5.65 Å². The number of urea groups is 1.